The Balaban J connectivity index is 1.82. The topological polar surface area (TPSA) is 45.6 Å². The van der Waals surface area contributed by atoms with E-state index in [0.29, 0.717) is 5.11 Å². The second-order valence-corrected chi connectivity index (χ2v) is 4.94. The summed E-state index contributed by atoms with van der Waals surface area (Å²) in [6, 6.07) is 7.61. The molecule has 1 saturated carbocycles. The maximum Gasteiger partial charge on any atom is 0.191 e. The van der Waals surface area contributed by atoms with Crippen molar-refractivity contribution in [2.75, 3.05) is 12.4 Å². The van der Waals surface area contributed by atoms with Crippen LogP contribution in [0, 0.1) is 0 Å². The van der Waals surface area contributed by atoms with Crippen LogP contribution in [0.4, 0.5) is 5.69 Å². The van der Waals surface area contributed by atoms with E-state index < -0.39 is 0 Å². The monoisotopic (exact) mass is 277 g/mol. The van der Waals surface area contributed by atoms with Crippen LogP contribution in [-0.4, -0.2) is 17.9 Å². The fourth-order valence-electron chi connectivity index (χ4n) is 2.03. The molecule has 1 fully saturated rings. The second-order valence-electron chi connectivity index (χ2n) is 4.53. The summed E-state index contributed by atoms with van der Waals surface area (Å²) >= 11 is 5.21. The van der Waals surface area contributed by atoms with Crippen molar-refractivity contribution in [2.45, 2.75) is 32.1 Å². The van der Waals surface area contributed by atoms with Crippen LogP contribution in [-0.2, 0) is 0 Å². The molecule has 0 aromatic heterocycles. The molecule has 5 heteroatoms. The van der Waals surface area contributed by atoms with Gasteiger partial charge >= 0.3 is 0 Å². The van der Waals surface area contributed by atoms with E-state index in [1.807, 2.05) is 24.3 Å². The molecule has 0 saturated heterocycles. The van der Waals surface area contributed by atoms with Gasteiger partial charge < -0.3 is 10.1 Å². The van der Waals surface area contributed by atoms with Gasteiger partial charge in [0.05, 0.1) is 7.11 Å². The molecule has 0 unspecified atom stereocenters. The average molecular weight is 277 g/mol. The minimum Gasteiger partial charge on any atom is -0.497 e. The Bertz CT molecular complexity index is 448. The van der Waals surface area contributed by atoms with E-state index in [9.17, 15) is 0 Å². The lowest BCUT2D eigenvalue weighted by atomic mass is 9.99. The van der Waals surface area contributed by atoms with E-state index in [0.717, 1.165) is 24.3 Å². The van der Waals surface area contributed by atoms with E-state index in [2.05, 4.69) is 15.8 Å². The third-order valence-electron chi connectivity index (χ3n) is 3.09. The summed E-state index contributed by atoms with van der Waals surface area (Å²) in [5.41, 5.74) is 5.04. The van der Waals surface area contributed by atoms with E-state index in [4.69, 9.17) is 17.0 Å². The minimum atomic E-state index is 0.517. The lowest BCUT2D eigenvalue weighted by Gasteiger charge is -2.13. The van der Waals surface area contributed by atoms with Crippen LogP contribution >= 0.6 is 12.2 Å². The molecule has 1 aromatic carbocycles. The maximum absolute atomic E-state index is 5.21. The molecule has 102 valence electrons. The first-order valence-electron chi connectivity index (χ1n) is 6.54. The molecule has 0 radical (unpaired) electrons. The normalized spacial score (nSPS) is 14.7. The van der Waals surface area contributed by atoms with Crippen LogP contribution in [0.1, 0.15) is 32.1 Å². The van der Waals surface area contributed by atoms with Gasteiger partial charge in [0, 0.05) is 11.4 Å². The molecular weight excluding hydrogens is 258 g/mol. The average Bonchev–Trinajstić information content (AvgIpc) is 2.47. The standard InChI is InChI=1S/C14H19N3OS/c1-18-13-9-7-11(8-10-13)15-14(19)17-16-12-5-3-2-4-6-12/h7-10H,2-6H2,1H3,(H2,15,17,19). The van der Waals surface area contributed by atoms with Crippen LogP contribution in [0.15, 0.2) is 29.4 Å². The van der Waals surface area contributed by atoms with Gasteiger partial charge in [-0.2, -0.15) is 5.10 Å². The highest BCUT2D eigenvalue weighted by atomic mass is 32.1. The third-order valence-corrected chi connectivity index (χ3v) is 3.29. The highest BCUT2D eigenvalue weighted by molar-refractivity contribution is 7.80. The number of nitrogens with zero attached hydrogens (tertiary/aromatic N) is 1. The first kappa shape index (κ1) is 13.8. The van der Waals surface area contributed by atoms with Crippen molar-refractivity contribution in [3.8, 4) is 5.75 Å². The summed E-state index contributed by atoms with van der Waals surface area (Å²) in [5.74, 6) is 0.826. The zero-order valence-electron chi connectivity index (χ0n) is 11.1. The van der Waals surface area contributed by atoms with Gasteiger partial charge in [-0.15, -0.1) is 0 Å². The number of hydrogen-bond donors (Lipinski definition) is 2. The molecule has 2 rings (SSSR count). The predicted molar refractivity (Wildman–Crippen MR) is 82.9 cm³/mol. The minimum absolute atomic E-state index is 0.517. The number of thiocarbonyl (C=S) groups is 1. The summed E-state index contributed by atoms with van der Waals surface area (Å²) in [4.78, 5) is 0. The number of nitrogens with one attached hydrogen (secondary N) is 2. The molecular formula is C14H19N3OS. The Morgan fingerprint density at radius 3 is 2.47 bits per heavy atom. The van der Waals surface area contributed by atoms with E-state index in [1.54, 1.807) is 7.11 Å². The summed E-state index contributed by atoms with van der Waals surface area (Å²) in [5, 5.41) is 7.96. The summed E-state index contributed by atoms with van der Waals surface area (Å²) in [7, 11) is 1.65. The number of anilines is 1. The van der Waals surface area contributed by atoms with Crippen LogP contribution in [0.2, 0.25) is 0 Å². The van der Waals surface area contributed by atoms with Gasteiger partial charge in [0.2, 0.25) is 0 Å². The van der Waals surface area contributed by atoms with Crippen molar-refractivity contribution < 1.29 is 4.74 Å². The molecule has 4 nitrogen and oxygen atoms in total. The smallest absolute Gasteiger partial charge is 0.191 e. The fraction of sp³-hybridized carbons (Fsp3) is 0.429. The van der Waals surface area contributed by atoms with E-state index in [-0.39, 0.29) is 0 Å². The molecule has 0 heterocycles. The molecule has 19 heavy (non-hydrogen) atoms. The Morgan fingerprint density at radius 1 is 1.16 bits per heavy atom. The SMILES string of the molecule is COc1ccc(NC(=S)NN=C2CCCCC2)cc1. The van der Waals surface area contributed by atoms with Gasteiger partial charge in [-0.3, -0.25) is 5.43 Å². The zero-order valence-corrected chi connectivity index (χ0v) is 11.9. The number of rotatable bonds is 3. The largest absolute Gasteiger partial charge is 0.497 e. The lowest BCUT2D eigenvalue weighted by molar-refractivity contribution is 0.415. The Hall–Kier alpha value is -1.62. The van der Waals surface area contributed by atoms with Gasteiger partial charge in [-0.25, -0.2) is 0 Å². The van der Waals surface area contributed by atoms with Gasteiger partial charge in [0.1, 0.15) is 5.75 Å². The fourth-order valence-corrected chi connectivity index (χ4v) is 2.20. The Labute approximate surface area is 119 Å². The van der Waals surface area contributed by atoms with Crippen LogP contribution in [0.5, 0.6) is 5.75 Å². The molecule has 1 aliphatic carbocycles. The first-order chi connectivity index (χ1) is 9.28. The van der Waals surface area contributed by atoms with Gasteiger partial charge in [-0.1, -0.05) is 6.42 Å². The molecule has 0 bridgehead atoms. The van der Waals surface area contributed by atoms with E-state index >= 15 is 0 Å². The quantitative estimate of drug-likeness (QED) is 0.657. The highest BCUT2D eigenvalue weighted by Crippen LogP contribution is 2.15. The molecule has 1 aromatic rings. The zero-order chi connectivity index (χ0) is 13.5. The summed E-state index contributed by atoms with van der Waals surface area (Å²) in [6.07, 6.45) is 5.95. The molecule has 2 N–H and O–H groups in total. The second kappa shape index (κ2) is 7.09. The van der Waals surface area contributed by atoms with Crippen LogP contribution in [0.25, 0.3) is 0 Å². The van der Waals surface area contributed by atoms with Crippen LogP contribution < -0.4 is 15.5 Å². The molecule has 1 aliphatic rings. The lowest BCUT2D eigenvalue weighted by Crippen LogP contribution is -2.25. The number of methoxy groups -OCH3 is 1. The summed E-state index contributed by atoms with van der Waals surface area (Å²) in [6.45, 7) is 0. The molecule has 0 aliphatic heterocycles. The highest BCUT2D eigenvalue weighted by Gasteiger charge is 2.06. The Morgan fingerprint density at radius 2 is 1.84 bits per heavy atom. The van der Waals surface area contributed by atoms with Crippen molar-refractivity contribution >= 4 is 28.7 Å². The first-order valence-corrected chi connectivity index (χ1v) is 6.95. The van der Waals surface area contributed by atoms with E-state index in [1.165, 1.54) is 25.0 Å². The molecule has 0 spiro atoms. The van der Waals surface area contributed by atoms with Gasteiger partial charge in [0.15, 0.2) is 5.11 Å². The van der Waals surface area contributed by atoms with Crippen molar-refractivity contribution in [2.24, 2.45) is 5.10 Å². The van der Waals surface area contributed by atoms with Crippen molar-refractivity contribution in [1.82, 2.24) is 5.43 Å². The molecule has 0 atom stereocenters. The van der Waals surface area contributed by atoms with Gasteiger partial charge in [-0.05, 0) is 62.2 Å². The number of benzene rings is 1. The number of hydrogen-bond acceptors (Lipinski definition) is 3. The van der Waals surface area contributed by atoms with Crippen LogP contribution in [0.3, 0.4) is 0 Å². The van der Waals surface area contributed by atoms with Crippen molar-refractivity contribution in [3.63, 3.8) is 0 Å². The number of ether oxygens (including phenoxy) is 1. The van der Waals surface area contributed by atoms with Gasteiger partial charge in [0.25, 0.3) is 0 Å². The summed E-state index contributed by atoms with van der Waals surface area (Å²) < 4.78 is 5.10. The predicted octanol–water partition coefficient (Wildman–Crippen LogP) is 3.30. The Kier molecular flexibility index (Phi) is 5.15. The maximum atomic E-state index is 5.21. The number of hydrazone groups is 1. The third kappa shape index (κ3) is 4.52. The van der Waals surface area contributed by atoms with Crippen molar-refractivity contribution in [3.05, 3.63) is 24.3 Å². The van der Waals surface area contributed by atoms with Crippen molar-refractivity contribution in [1.29, 1.82) is 0 Å². The molecule has 0 amide bonds.